The first-order chi connectivity index (χ1) is 4.11. The van der Waals surface area contributed by atoms with E-state index in [0.717, 1.165) is 5.37 Å². The van der Waals surface area contributed by atoms with Crippen molar-refractivity contribution in [2.45, 2.75) is 5.51 Å². The van der Waals surface area contributed by atoms with E-state index < -0.39 is 16.2 Å². The smallest absolute Gasteiger partial charge is 0.327 e. The van der Waals surface area contributed by atoms with E-state index in [4.69, 9.17) is 0 Å². The number of alkyl halides is 3. The summed E-state index contributed by atoms with van der Waals surface area (Å²) in [5.74, 6) is 0. The molecule has 1 heterocycles. The monoisotopic (exact) mass is 154 g/mol. The van der Waals surface area contributed by atoms with Crippen LogP contribution in [0.1, 0.15) is 0 Å². The van der Waals surface area contributed by atoms with Gasteiger partial charge in [0.05, 0.1) is 6.20 Å². The van der Waals surface area contributed by atoms with Crippen LogP contribution in [0, 0.1) is 6.20 Å². The molecule has 1 aliphatic rings. The van der Waals surface area contributed by atoms with E-state index in [9.17, 15) is 13.2 Å². The number of hydrogen-bond acceptors (Lipinski definition) is 1. The Hall–Kier alpha value is -0.450. The molecule has 51 valence electrons. The molecule has 9 heavy (non-hydrogen) atoms. The maximum atomic E-state index is 11.6. The van der Waals surface area contributed by atoms with E-state index >= 15 is 0 Å². The molecule has 1 rings (SSSR count). The zero-order valence-corrected chi connectivity index (χ0v) is 5.01. The summed E-state index contributed by atoms with van der Waals surface area (Å²) in [6, 6.07) is 0. The fourth-order valence-electron chi connectivity index (χ4n) is 0.369. The van der Waals surface area contributed by atoms with Gasteiger partial charge in [0.15, 0.2) is 0 Å². The van der Waals surface area contributed by atoms with E-state index in [-0.39, 0.29) is 0 Å². The Morgan fingerprint density at radius 2 is 2.11 bits per heavy atom. The Morgan fingerprint density at radius 3 is 2.33 bits per heavy atom. The fraction of sp³-hybridized carbons (Fsp3) is 0.250. The Morgan fingerprint density at radius 1 is 1.44 bits per heavy atom. The van der Waals surface area contributed by atoms with E-state index in [1.54, 1.807) is 0 Å². The summed E-state index contributed by atoms with van der Waals surface area (Å²) in [6.07, 6.45) is 3.47. The van der Waals surface area contributed by atoms with Gasteiger partial charge >= 0.3 is 5.51 Å². The van der Waals surface area contributed by atoms with Crippen LogP contribution in [-0.4, -0.2) is 10.9 Å². The van der Waals surface area contributed by atoms with Gasteiger partial charge in [0.25, 0.3) is 0 Å². The molecule has 0 saturated heterocycles. The number of halogens is 3. The van der Waals surface area contributed by atoms with Crippen LogP contribution in [0.3, 0.4) is 0 Å². The lowest BCUT2D eigenvalue weighted by atomic mass is 10.7. The van der Waals surface area contributed by atoms with Crippen molar-refractivity contribution in [3.05, 3.63) is 12.3 Å². The van der Waals surface area contributed by atoms with Crippen LogP contribution in [0.15, 0.2) is 6.08 Å². The van der Waals surface area contributed by atoms with Gasteiger partial charge < -0.3 is 4.72 Å². The standard InChI is InChI=1S/C4H3F3NS/c5-4(6,7)9-3-1-2-8-9/h1,3,8H. The normalized spacial score (nSPS) is 25.4. The molecule has 1 radical (unpaired) electrons. The molecule has 0 bridgehead atoms. The number of nitrogens with one attached hydrogen (secondary N) is 1. The molecule has 0 aromatic carbocycles. The van der Waals surface area contributed by atoms with Crippen molar-refractivity contribution in [3.8, 4) is 0 Å². The average molecular weight is 154 g/mol. The summed E-state index contributed by atoms with van der Waals surface area (Å²) < 4.78 is 36.9. The summed E-state index contributed by atoms with van der Waals surface area (Å²) in [6.45, 7) is 0. The van der Waals surface area contributed by atoms with Crippen molar-refractivity contribution < 1.29 is 13.2 Å². The number of rotatable bonds is 0. The number of allylic oxidation sites excluding steroid dienone is 1. The van der Waals surface area contributed by atoms with Gasteiger partial charge in [0.2, 0.25) is 0 Å². The summed E-state index contributed by atoms with van der Waals surface area (Å²) in [5, 5.41) is 1.04. The van der Waals surface area contributed by atoms with E-state index in [1.165, 1.54) is 6.08 Å². The van der Waals surface area contributed by atoms with E-state index in [2.05, 4.69) is 6.20 Å². The van der Waals surface area contributed by atoms with Crippen molar-refractivity contribution in [3.63, 3.8) is 0 Å². The molecule has 1 atom stereocenters. The largest absolute Gasteiger partial charge is 0.454 e. The molecule has 1 nitrogen and oxygen atoms in total. The van der Waals surface area contributed by atoms with Crippen LogP contribution in [0.5, 0.6) is 0 Å². The van der Waals surface area contributed by atoms with Gasteiger partial charge in [-0.25, -0.2) is 0 Å². The highest BCUT2D eigenvalue weighted by molar-refractivity contribution is 8.14. The molecule has 1 N–H and O–H groups in total. The quantitative estimate of drug-likeness (QED) is 0.520. The molecule has 1 aliphatic heterocycles. The fourth-order valence-corrected chi connectivity index (χ4v) is 1.11. The predicted molar refractivity (Wildman–Crippen MR) is 30.7 cm³/mol. The molecule has 0 aromatic heterocycles. The Balaban J connectivity index is 2.66. The van der Waals surface area contributed by atoms with E-state index in [1.807, 2.05) is 4.72 Å². The van der Waals surface area contributed by atoms with Gasteiger partial charge in [-0.3, -0.25) is 0 Å². The second-order valence-electron chi connectivity index (χ2n) is 1.33. The first-order valence-corrected chi connectivity index (χ1v) is 3.37. The Bertz CT molecular complexity index is 169. The van der Waals surface area contributed by atoms with E-state index in [0.29, 0.717) is 0 Å². The minimum absolute atomic E-state index is 1.04. The van der Waals surface area contributed by atoms with Gasteiger partial charge in [-0.1, -0.05) is 0 Å². The van der Waals surface area contributed by atoms with Crippen LogP contribution < -0.4 is 4.72 Å². The lowest BCUT2D eigenvalue weighted by Gasteiger charge is -2.07. The molecular weight excluding hydrogens is 151 g/mol. The molecule has 0 saturated carbocycles. The minimum Gasteiger partial charge on any atom is -0.327 e. The summed E-state index contributed by atoms with van der Waals surface area (Å²) in [7, 11) is -1.79. The van der Waals surface area contributed by atoms with Crippen molar-refractivity contribution in [2.24, 2.45) is 0 Å². The average Bonchev–Trinajstić information content (AvgIpc) is 2.08. The molecule has 0 amide bonds. The van der Waals surface area contributed by atoms with Crippen molar-refractivity contribution in [1.29, 1.82) is 0 Å². The molecule has 0 fully saturated rings. The highest BCUT2D eigenvalue weighted by Crippen LogP contribution is 2.34. The molecule has 0 aliphatic carbocycles. The zero-order chi connectivity index (χ0) is 6.91. The third kappa shape index (κ3) is 1.48. The van der Waals surface area contributed by atoms with Crippen LogP contribution in [-0.2, 0) is 0 Å². The summed E-state index contributed by atoms with van der Waals surface area (Å²) in [5.41, 5.74) is -4.15. The van der Waals surface area contributed by atoms with Crippen LogP contribution in [0.4, 0.5) is 13.2 Å². The van der Waals surface area contributed by atoms with Gasteiger partial charge in [0.1, 0.15) is 0 Å². The highest BCUT2D eigenvalue weighted by atomic mass is 32.2. The second-order valence-corrected chi connectivity index (χ2v) is 2.95. The van der Waals surface area contributed by atoms with Crippen molar-refractivity contribution >= 4 is 16.0 Å². The molecule has 0 aromatic rings. The predicted octanol–water partition coefficient (Wildman–Crippen LogP) is 1.41. The molecular formula is C4H3F3NS. The van der Waals surface area contributed by atoms with Crippen molar-refractivity contribution in [2.75, 3.05) is 0 Å². The number of hydrogen-bond donors (Lipinski definition) is 1. The summed E-state index contributed by atoms with van der Waals surface area (Å²) in [4.78, 5) is 0. The first kappa shape index (κ1) is 6.67. The molecule has 0 spiro atoms. The maximum absolute atomic E-state index is 11.6. The highest BCUT2D eigenvalue weighted by Gasteiger charge is 2.32. The third-order valence-electron chi connectivity index (χ3n) is 0.706. The van der Waals surface area contributed by atoms with Crippen molar-refractivity contribution in [1.82, 2.24) is 4.72 Å². The van der Waals surface area contributed by atoms with Crippen LogP contribution >= 0.6 is 10.7 Å². The lowest BCUT2D eigenvalue weighted by molar-refractivity contribution is -0.0339. The van der Waals surface area contributed by atoms with Gasteiger partial charge in [-0.2, -0.15) is 13.2 Å². The van der Waals surface area contributed by atoms with Gasteiger partial charge in [-0.05, 0) is 11.4 Å². The van der Waals surface area contributed by atoms with Gasteiger partial charge in [-0.15, -0.1) is 0 Å². The topological polar surface area (TPSA) is 12.0 Å². The van der Waals surface area contributed by atoms with Crippen LogP contribution in [0.25, 0.3) is 0 Å². The minimum atomic E-state index is -4.15. The summed E-state index contributed by atoms with van der Waals surface area (Å²) >= 11 is 0. The molecule has 1 unspecified atom stereocenters. The Kier molecular flexibility index (Phi) is 1.52. The second kappa shape index (κ2) is 2.06. The third-order valence-corrected chi connectivity index (χ3v) is 1.95. The zero-order valence-electron chi connectivity index (χ0n) is 4.20. The lowest BCUT2D eigenvalue weighted by Crippen LogP contribution is -2.10. The van der Waals surface area contributed by atoms with Crippen LogP contribution in [0.2, 0.25) is 0 Å². The Labute approximate surface area is 52.6 Å². The molecule has 5 heteroatoms. The SMILES string of the molecule is FC(F)(F)S1=CC=[C]N1. The first-order valence-electron chi connectivity index (χ1n) is 2.08. The van der Waals surface area contributed by atoms with Gasteiger partial charge in [0, 0.05) is 10.7 Å². The maximum Gasteiger partial charge on any atom is 0.454 e.